The van der Waals surface area contributed by atoms with Gasteiger partial charge in [0.15, 0.2) is 17.5 Å². The maximum Gasteiger partial charge on any atom is 0.416 e. The Morgan fingerprint density at radius 2 is 0.641 bits per heavy atom. The van der Waals surface area contributed by atoms with Crippen LogP contribution in [0.3, 0.4) is 0 Å². The fourth-order valence-corrected chi connectivity index (χ4v) is 13.8. The lowest BCUT2D eigenvalue weighted by atomic mass is 9.33. The first-order chi connectivity index (χ1) is 45.3. The van der Waals surface area contributed by atoms with Gasteiger partial charge in [0.1, 0.15) is 0 Å². The highest BCUT2D eigenvalue weighted by Gasteiger charge is 2.44. The molecule has 0 saturated carbocycles. The van der Waals surface area contributed by atoms with Gasteiger partial charge in [-0.25, -0.2) is 15.0 Å². The summed E-state index contributed by atoms with van der Waals surface area (Å²) < 4.78 is 47.8. The second-order valence-corrected chi connectivity index (χ2v) is 23.4. The maximum absolute atomic E-state index is 15.2. The van der Waals surface area contributed by atoms with Crippen LogP contribution in [-0.4, -0.2) is 26.2 Å². The molecule has 0 spiro atoms. The van der Waals surface area contributed by atoms with Crippen molar-refractivity contribution >= 4 is 79.0 Å². The molecular weight excluding hydrogens is 1140 g/mol. The summed E-state index contributed by atoms with van der Waals surface area (Å²) in [7, 11) is 0. The van der Waals surface area contributed by atoms with Gasteiger partial charge in [-0.05, 0) is 152 Å². The largest absolute Gasteiger partial charge is 0.416 e. The molecule has 2 aliphatic heterocycles. The molecule has 6 nitrogen and oxygen atoms in total. The van der Waals surface area contributed by atoms with Crippen molar-refractivity contribution in [1.82, 2.24) is 19.5 Å². The van der Waals surface area contributed by atoms with Crippen LogP contribution in [0, 0.1) is 0 Å². The van der Waals surface area contributed by atoms with E-state index in [-0.39, 0.29) is 18.1 Å². The van der Waals surface area contributed by atoms with E-state index >= 15 is 13.2 Å². The summed E-state index contributed by atoms with van der Waals surface area (Å²) in [5.74, 6) is 0.782. The molecule has 0 atom stereocenters. The van der Waals surface area contributed by atoms with Crippen LogP contribution < -0.4 is 26.2 Å². The van der Waals surface area contributed by atoms with E-state index in [1.807, 2.05) is 78.9 Å². The molecule has 2 aromatic heterocycles. The van der Waals surface area contributed by atoms with Crippen molar-refractivity contribution < 1.29 is 13.2 Å². The highest BCUT2D eigenvalue weighted by atomic mass is 19.4. The Morgan fingerprint density at radius 3 is 1.07 bits per heavy atom. The Balaban J connectivity index is 0.929. The summed E-state index contributed by atoms with van der Waals surface area (Å²) in [4.78, 5) is 19.9. The summed E-state index contributed by atoms with van der Waals surface area (Å²) in [5.41, 5.74) is 21.3. The lowest BCUT2D eigenvalue weighted by Crippen LogP contribution is -2.61. The minimum absolute atomic E-state index is 0.106. The van der Waals surface area contributed by atoms with Crippen LogP contribution in [-0.2, 0) is 6.18 Å². The molecule has 0 fully saturated rings. The molecule has 434 valence electrons. The van der Waals surface area contributed by atoms with Gasteiger partial charge >= 0.3 is 6.18 Å². The zero-order valence-electron chi connectivity index (χ0n) is 49.4. The van der Waals surface area contributed by atoms with E-state index in [9.17, 15) is 0 Å². The van der Waals surface area contributed by atoms with Crippen LogP contribution in [0.25, 0.3) is 106 Å². The number of anilines is 6. The van der Waals surface area contributed by atoms with Gasteiger partial charge in [-0.3, -0.25) is 0 Å². The second-order valence-electron chi connectivity index (χ2n) is 23.4. The highest BCUT2D eigenvalue weighted by molar-refractivity contribution is 7.00. The predicted molar refractivity (Wildman–Crippen MR) is 371 cm³/mol. The molecule has 0 radical (unpaired) electrons. The van der Waals surface area contributed by atoms with Crippen molar-refractivity contribution in [3.05, 3.63) is 321 Å². The normalized spacial score (nSPS) is 12.4. The van der Waals surface area contributed by atoms with Crippen molar-refractivity contribution in [3.8, 4) is 84.4 Å². The molecule has 92 heavy (non-hydrogen) atoms. The molecule has 10 heteroatoms. The van der Waals surface area contributed by atoms with Crippen LogP contribution >= 0.6 is 0 Å². The molecule has 0 amide bonds. The molecule has 4 heterocycles. The fourth-order valence-electron chi connectivity index (χ4n) is 13.8. The minimum atomic E-state index is -4.67. The molecular formula is C82H52BF3N6. The van der Waals surface area contributed by atoms with Gasteiger partial charge in [-0.2, -0.15) is 13.2 Å². The van der Waals surface area contributed by atoms with E-state index in [1.165, 1.54) is 22.5 Å². The number of hydrogen-bond acceptors (Lipinski definition) is 5. The number of aromatic nitrogens is 4. The van der Waals surface area contributed by atoms with Crippen molar-refractivity contribution in [2.24, 2.45) is 0 Å². The Morgan fingerprint density at radius 1 is 0.283 bits per heavy atom. The van der Waals surface area contributed by atoms with Crippen molar-refractivity contribution in [2.45, 2.75) is 6.18 Å². The third-order valence-corrected chi connectivity index (χ3v) is 18.0. The molecule has 0 bridgehead atoms. The lowest BCUT2D eigenvalue weighted by Gasteiger charge is -2.44. The average molecular weight is 1190 g/mol. The predicted octanol–water partition coefficient (Wildman–Crippen LogP) is 19.7. The molecule has 17 rings (SSSR count). The van der Waals surface area contributed by atoms with Crippen LogP contribution in [0.5, 0.6) is 0 Å². The Bertz CT molecular complexity index is 5110. The maximum atomic E-state index is 15.2. The van der Waals surface area contributed by atoms with Crippen LogP contribution in [0.2, 0.25) is 0 Å². The number of nitrogens with zero attached hydrogens (tertiary/aromatic N) is 6. The van der Waals surface area contributed by atoms with Crippen molar-refractivity contribution in [2.75, 3.05) is 9.80 Å². The number of rotatable bonds is 10. The summed E-state index contributed by atoms with van der Waals surface area (Å²) >= 11 is 0. The molecule has 0 aliphatic carbocycles. The number of halogens is 3. The number of alkyl halides is 3. The molecule has 0 saturated heterocycles. The lowest BCUT2D eigenvalue weighted by molar-refractivity contribution is -0.137. The van der Waals surface area contributed by atoms with Gasteiger partial charge in [0, 0.05) is 61.6 Å². The molecule has 0 unspecified atom stereocenters. The summed E-state index contributed by atoms with van der Waals surface area (Å²) in [5, 5.41) is 1.83. The van der Waals surface area contributed by atoms with Crippen molar-refractivity contribution in [3.63, 3.8) is 0 Å². The van der Waals surface area contributed by atoms with Gasteiger partial charge in [-0.1, -0.05) is 224 Å². The van der Waals surface area contributed by atoms with E-state index in [2.05, 4.69) is 233 Å². The van der Waals surface area contributed by atoms with E-state index in [0.29, 0.717) is 28.5 Å². The van der Waals surface area contributed by atoms with E-state index in [4.69, 9.17) is 15.0 Å². The van der Waals surface area contributed by atoms with Gasteiger partial charge in [0.25, 0.3) is 6.71 Å². The van der Waals surface area contributed by atoms with Crippen LogP contribution in [0.1, 0.15) is 5.56 Å². The molecule has 15 aromatic rings. The zero-order chi connectivity index (χ0) is 61.4. The first kappa shape index (κ1) is 54.3. The number of para-hydroxylation sites is 2. The zero-order valence-corrected chi connectivity index (χ0v) is 49.4. The first-order valence-electron chi connectivity index (χ1n) is 30.8. The standard InChI is InChI=1S/C82H52BF3N6/c84-82(85,86)63-40-45-73(68(52-63)81-88-79(56-28-14-4-15-29-56)87-80(89-81)57-30-16-5-17-31-57)92-71-41-36-58(53-22-8-1-9-23-53)46-66(71)67-47-59(37-42-72(67)92)62-50-76-78-77(51-62)91(65-34-20-7-21-35-65)75-44-39-61(55-26-12-3-13-27-55)49-70(75)83(78)69-48-60(54-24-10-2-11-25-54)38-43-74(69)90(76)64-32-18-6-19-33-64/h1-52H. The minimum Gasteiger partial charge on any atom is -0.311 e. The van der Waals surface area contributed by atoms with Gasteiger partial charge in [0.2, 0.25) is 0 Å². The quantitative estimate of drug-likeness (QED) is 0.128. The Labute approximate surface area is 530 Å². The Hall–Kier alpha value is -11.9. The van der Waals surface area contributed by atoms with Gasteiger partial charge in [-0.15, -0.1) is 0 Å². The smallest absolute Gasteiger partial charge is 0.311 e. The summed E-state index contributed by atoms with van der Waals surface area (Å²) in [6.45, 7) is -0.182. The Kier molecular flexibility index (Phi) is 13.0. The number of fused-ring (bicyclic) bond motifs is 7. The molecule has 13 aromatic carbocycles. The number of hydrogen-bond donors (Lipinski definition) is 0. The second kappa shape index (κ2) is 22.0. The van der Waals surface area contributed by atoms with Crippen LogP contribution in [0.4, 0.5) is 47.3 Å². The first-order valence-corrected chi connectivity index (χ1v) is 30.8. The SMILES string of the molecule is FC(F)(F)c1ccc(-n2c3ccc(-c4ccccc4)cc3c3cc(-c4cc5c6c(c4)N(c4ccccc4)c4ccc(-c7ccccc7)cc4B6c4cc(-c6ccccc6)ccc4N5c4ccccc4)ccc32)c(-c2nc(-c3ccccc3)nc(-c3ccccc3)n2)c1. The van der Waals surface area contributed by atoms with Crippen molar-refractivity contribution in [1.29, 1.82) is 0 Å². The third kappa shape index (κ3) is 9.33. The van der Waals surface area contributed by atoms with E-state index in [0.717, 1.165) is 107 Å². The number of benzene rings is 13. The van der Waals surface area contributed by atoms with E-state index in [1.54, 1.807) is 6.07 Å². The highest BCUT2D eigenvalue weighted by Crippen LogP contribution is 2.49. The van der Waals surface area contributed by atoms with Crippen LogP contribution in [0.15, 0.2) is 315 Å². The molecule has 0 N–H and O–H groups in total. The monoisotopic (exact) mass is 1190 g/mol. The van der Waals surface area contributed by atoms with Gasteiger partial charge < -0.3 is 14.4 Å². The average Bonchev–Trinajstić information content (AvgIpc) is 0.862. The fraction of sp³-hybridized carbons (Fsp3) is 0.0122. The molecule has 2 aliphatic rings. The topological polar surface area (TPSA) is 50.1 Å². The summed E-state index contributed by atoms with van der Waals surface area (Å²) in [6.07, 6.45) is -4.67. The van der Waals surface area contributed by atoms with E-state index < -0.39 is 11.7 Å². The summed E-state index contributed by atoms with van der Waals surface area (Å²) in [6, 6.07) is 107. The third-order valence-electron chi connectivity index (χ3n) is 18.0. The van der Waals surface area contributed by atoms with Gasteiger partial charge in [0.05, 0.1) is 22.3 Å².